The zero-order valence-corrected chi connectivity index (χ0v) is 16.5. The molecule has 27 heavy (non-hydrogen) atoms. The Morgan fingerprint density at radius 1 is 1.04 bits per heavy atom. The molecule has 0 fully saturated rings. The van der Waals surface area contributed by atoms with Crippen molar-refractivity contribution in [2.45, 2.75) is 25.2 Å². The summed E-state index contributed by atoms with van der Waals surface area (Å²) >= 11 is 1.66. The lowest BCUT2D eigenvalue weighted by Crippen LogP contribution is -2.30. The number of amides is 1. The smallest absolute Gasteiger partial charge is 0.338 e. The van der Waals surface area contributed by atoms with E-state index >= 15 is 0 Å². The van der Waals surface area contributed by atoms with Crippen molar-refractivity contribution < 1.29 is 19.1 Å². The lowest BCUT2D eigenvalue weighted by molar-refractivity contribution is -0.124. The molecule has 5 nitrogen and oxygen atoms in total. The molecule has 2 aromatic carbocycles. The van der Waals surface area contributed by atoms with Crippen molar-refractivity contribution in [2.75, 3.05) is 25.5 Å². The Hall–Kier alpha value is -2.47. The maximum atomic E-state index is 12.0. The number of thioether (sulfide) groups is 1. The van der Waals surface area contributed by atoms with Gasteiger partial charge in [-0.25, -0.2) is 4.79 Å². The first kappa shape index (κ1) is 20.8. The molecule has 2 rings (SSSR count). The summed E-state index contributed by atoms with van der Waals surface area (Å²) < 4.78 is 10.5. The molecule has 1 amide bonds. The third kappa shape index (κ3) is 7.74. The zero-order chi connectivity index (χ0) is 19.5. The largest absolute Gasteiger partial charge is 0.494 e. The van der Waals surface area contributed by atoms with E-state index in [9.17, 15) is 9.59 Å². The van der Waals surface area contributed by atoms with E-state index < -0.39 is 5.97 Å². The second kappa shape index (κ2) is 11.3. The highest BCUT2D eigenvalue weighted by Crippen LogP contribution is 2.17. The third-order valence-corrected chi connectivity index (χ3v) is 4.62. The monoisotopic (exact) mass is 387 g/mol. The van der Waals surface area contributed by atoms with Crippen LogP contribution >= 0.6 is 11.8 Å². The highest BCUT2D eigenvalue weighted by atomic mass is 32.2. The highest BCUT2D eigenvalue weighted by molar-refractivity contribution is 7.99. The summed E-state index contributed by atoms with van der Waals surface area (Å²) in [5, 5.41) is 2.75. The van der Waals surface area contributed by atoms with E-state index in [4.69, 9.17) is 9.47 Å². The summed E-state index contributed by atoms with van der Waals surface area (Å²) in [6.45, 7) is 4.93. The first-order chi connectivity index (χ1) is 13.1. The van der Waals surface area contributed by atoms with Crippen LogP contribution in [0.4, 0.5) is 0 Å². The molecule has 0 saturated carbocycles. The van der Waals surface area contributed by atoms with Crippen molar-refractivity contribution in [1.29, 1.82) is 0 Å². The Kier molecular flexibility index (Phi) is 8.71. The van der Waals surface area contributed by atoms with Crippen LogP contribution in [0.5, 0.6) is 5.75 Å². The Morgan fingerprint density at radius 3 is 2.41 bits per heavy atom. The SMILES string of the molecule is CCCOc1ccc(C(=O)OCC(=O)NCCSc2ccc(C)cc2)cc1. The molecule has 0 unspecified atom stereocenters. The van der Waals surface area contributed by atoms with Crippen LogP contribution in [0.2, 0.25) is 0 Å². The molecular formula is C21H25NO4S. The minimum atomic E-state index is -0.527. The second-order valence-electron chi connectivity index (χ2n) is 5.96. The normalized spacial score (nSPS) is 10.3. The van der Waals surface area contributed by atoms with Gasteiger partial charge in [0.05, 0.1) is 12.2 Å². The van der Waals surface area contributed by atoms with Crippen LogP contribution in [-0.2, 0) is 9.53 Å². The van der Waals surface area contributed by atoms with Crippen LogP contribution in [0.3, 0.4) is 0 Å². The van der Waals surface area contributed by atoms with E-state index in [1.54, 1.807) is 36.0 Å². The summed E-state index contributed by atoms with van der Waals surface area (Å²) in [5.74, 6) is 0.622. The van der Waals surface area contributed by atoms with Crippen molar-refractivity contribution >= 4 is 23.6 Å². The summed E-state index contributed by atoms with van der Waals surface area (Å²) in [6, 6.07) is 14.9. The molecule has 2 aromatic rings. The number of esters is 1. The average Bonchev–Trinajstić information content (AvgIpc) is 2.69. The van der Waals surface area contributed by atoms with Crippen molar-refractivity contribution in [3.05, 3.63) is 59.7 Å². The molecule has 0 atom stereocenters. The van der Waals surface area contributed by atoms with Gasteiger partial charge in [0.1, 0.15) is 5.75 Å². The third-order valence-electron chi connectivity index (χ3n) is 3.61. The molecule has 0 aromatic heterocycles. The lowest BCUT2D eigenvalue weighted by atomic mass is 10.2. The maximum Gasteiger partial charge on any atom is 0.338 e. The van der Waals surface area contributed by atoms with Gasteiger partial charge in [-0.3, -0.25) is 4.79 Å². The number of hydrogen-bond donors (Lipinski definition) is 1. The minimum Gasteiger partial charge on any atom is -0.494 e. The van der Waals surface area contributed by atoms with Gasteiger partial charge < -0.3 is 14.8 Å². The van der Waals surface area contributed by atoms with Crippen LogP contribution in [0, 0.1) is 6.92 Å². The minimum absolute atomic E-state index is 0.290. The maximum absolute atomic E-state index is 12.0. The van der Waals surface area contributed by atoms with Gasteiger partial charge in [-0.15, -0.1) is 11.8 Å². The topological polar surface area (TPSA) is 64.6 Å². The highest BCUT2D eigenvalue weighted by Gasteiger charge is 2.10. The molecule has 0 aliphatic heterocycles. The Labute approximate surface area is 164 Å². The molecule has 0 aliphatic rings. The molecule has 0 saturated heterocycles. The predicted molar refractivity (Wildman–Crippen MR) is 107 cm³/mol. The number of rotatable bonds is 10. The van der Waals surface area contributed by atoms with Gasteiger partial charge in [0.25, 0.3) is 5.91 Å². The van der Waals surface area contributed by atoms with Crippen LogP contribution in [0.25, 0.3) is 0 Å². The summed E-state index contributed by atoms with van der Waals surface area (Å²) in [7, 11) is 0. The van der Waals surface area contributed by atoms with E-state index in [0.717, 1.165) is 17.1 Å². The van der Waals surface area contributed by atoms with E-state index in [1.807, 2.05) is 13.8 Å². The number of carbonyl (C=O) groups excluding carboxylic acids is 2. The van der Waals surface area contributed by atoms with E-state index in [-0.39, 0.29) is 12.5 Å². The number of carbonyl (C=O) groups is 2. The molecule has 0 spiro atoms. The number of nitrogens with one attached hydrogen (secondary N) is 1. The zero-order valence-electron chi connectivity index (χ0n) is 15.7. The number of hydrogen-bond acceptors (Lipinski definition) is 5. The van der Waals surface area contributed by atoms with Crippen LogP contribution in [0.1, 0.15) is 29.3 Å². The first-order valence-corrected chi connectivity index (χ1v) is 9.93. The molecule has 0 heterocycles. The second-order valence-corrected chi connectivity index (χ2v) is 7.13. The number of ether oxygens (including phenoxy) is 2. The lowest BCUT2D eigenvalue weighted by Gasteiger charge is -2.08. The molecular weight excluding hydrogens is 362 g/mol. The van der Waals surface area contributed by atoms with Crippen molar-refractivity contribution in [3.63, 3.8) is 0 Å². The summed E-state index contributed by atoms with van der Waals surface area (Å²) in [6.07, 6.45) is 0.919. The Bertz CT molecular complexity index is 729. The fraction of sp³-hybridized carbons (Fsp3) is 0.333. The van der Waals surface area contributed by atoms with Crippen LogP contribution < -0.4 is 10.1 Å². The van der Waals surface area contributed by atoms with Gasteiger partial charge in [0.15, 0.2) is 6.61 Å². The van der Waals surface area contributed by atoms with Gasteiger partial charge in [0, 0.05) is 17.2 Å². The molecule has 0 radical (unpaired) electrons. The van der Waals surface area contributed by atoms with E-state index in [2.05, 4.69) is 29.6 Å². The van der Waals surface area contributed by atoms with Gasteiger partial charge >= 0.3 is 5.97 Å². The Morgan fingerprint density at radius 2 is 1.74 bits per heavy atom. The first-order valence-electron chi connectivity index (χ1n) is 8.94. The molecule has 0 aliphatic carbocycles. The van der Waals surface area contributed by atoms with Crippen molar-refractivity contribution in [2.24, 2.45) is 0 Å². The average molecular weight is 388 g/mol. The molecule has 1 N–H and O–H groups in total. The molecule has 6 heteroatoms. The van der Waals surface area contributed by atoms with Gasteiger partial charge in [0.2, 0.25) is 0 Å². The van der Waals surface area contributed by atoms with Crippen LogP contribution in [-0.4, -0.2) is 37.4 Å². The quantitative estimate of drug-likeness (QED) is 0.381. The number of benzene rings is 2. The standard InChI is InChI=1S/C21H25NO4S/c1-3-13-25-18-8-6-17(7-9-18)21(24)26-15-20(23)22-12-14-27-19-10-4-16(2)5-11-19/h4-11H,3,12-15H2,1-2H3,(H,22,23). The van der Waals surface area contributed by atoms with Gasteiger partial charge in [-0.1, -0.05) is 24.6 Å². The Balaban J connectivity index is 1.64. The van der Waals surface area contributed by atoms with Gasteiger partial charge in [-0.2, -0.15) is 0 Å². The summed E-state index contributed by atoms with van der Waals surface area (Å²) in [5.41, 5.74) is 1.61. The van der Waals surface area contributed by atoms with E-state index in [1.165, 1.54) is 5.56 Å². The van der Waals surface area contributed by atoms with Crippen molar-refractivity contribution in [3.8, 4) is 5.75 Å². The van der Waals surface area contributed by atoms with E-state index in [0.29, 0.717) is 24.5 Å². The fourth-order valence-electron chi connectivity index (χ4n) is 2.17. The molecule has 144 valence electrons. The number of aryl methyl sites for hydroxylation is 1. The van der Waals surface area contributed by atoms with Gasteiger partial charge in [-0.05, 0) is 49.7 Å². The van der Waals surface area contributed by atoms with Crippen molar-refractivity contribution in [1.82, 2.24) is 5.32 Å². The predicted octanol–water partition coefficient (Wildman–Crippen LogP) is 3.85. The summed E-state index contributed by atoms with van der Waals surface area (Å²) in [4.78, 5) is 24.9. The fourth-order valence-corrected chi connectivity index (χ4v) is 2.93. The molecule has 0 bridgehead atoms. The van der Waals surface area contributed by atoms with Crippen LogP contribution in [0.15, 0.2) is 53.4 Å².